The van der Waals surface area contributed by atoms with Gasteiger partial charge in [-0.15, -0.1) is 0 Å². The zero-order valence-electron chi connectivity index (χ0n) is 13.1. The van der Waals surface area contributed by atoms with Crippen LogP contribution in [0.25, 0.3) is 0 Å². The fraction of sp³-hybridized carbons (Fsp3) is 0.412. The predicted molar refractivity (Wildman–Crippen MR) is 97.2 cm³/mol. The van der Waals surface area contributed by atoms with E-state index in [9.17, 15) is 0 Å². The SMILES string of the molecule is Cc1cc(C(C)(C)C)cc(C)c1Cc1ncc(I)c(Cl)n1. The Labute approximate surface area is 145 Å². The van der Waals surface area contributed by atoms with Crippen molar-refractivity contribution in [1.82, 2.24) is 9.97 Å². The summed E-state index contributed by atoms with van der Waals surface area (Å²) in [6, 6.07) is 4.55. The molecular formula is C17H20ClIN2. The van der Waals surface area contributed by atoms with Crippen molar-refractivity contribution in [3.05, 3.63) is 55.1 Å². The minimum atomic E-state index is 0.163. The first kappa shape index (κ1) is 16.7. The van der Waals surface area contributed by atoms with Crippen LogP contribution in [0.3, 0.4) is 0 Å². The van der Waals surface area contributed by atoms with Crippen LogP contribution >= 0.6 is 34.2 Å². The quantitative estimate of drug-likeness (QED) is 0.496. The van der Waals surface area contributed by atoms with E-state index < -0.39 is 0 Å². The van der Waals surface area contributed by atoms with Gasteiger partial charge in [-0.25, -0.2) is 9.97 Å². The third-order valence-corrected chi connectivity index (χ3v) is 5.04. The zero-order chi connectivity index (χ0) is 15.8. The van der Waals surface area contributed by atoms with Crippen LogP contribution in [0.2, 0.25) is 5.15 Å². The number of aromatic nitrogens is 2. The summed E-state index contributed by atoms with van der Waals surface area (Å²) in [7, 11) is 0. The summed E-state index contributed by atoms with van der Waals surface area (Å²) in [5.74, 6) is 0.773. The number of hydrogen-bond acceptors (Lipinski definition) is 2. The van der Waals surface area contributed by atoms with E-state index in [-0.39, 0.29) is 5.41 Å². The Morgan fingerprint density at radius 3 is 2.19 bits per heavy atom. The second-order valence-electron chi connectivity index (χ2n) is 6.44. The van der Waals surface area contributed by atoms with E-state index in [1.807, 2.05) is 0 Å². The highest BCUT2D eigenvalue weighted by atomic mass is 127. The van der Waals surface area contributed by atoms with Gasteiger partial charge in [-0.3, -0.25) is 0 Å². The van der Waals surface area contributed by atoms with Crippen molar-refractivity contribution in [2.75, 3.05) is 0 Å². The number of nitrogens with zero attached hydrogens (tertiary/aromatic N) is 2. The smallest absolute Gasteiger partial charge is 0.146 e. The minimum absolute atomic E-state index is 0.163. The van der Waals surface area contributed by atoms with Gasteiger partial charge in [0.1, 0.15) is 11.0 Å². The number of aryl methyl sites for hydroxylation is 2. The molecule has 21 heavy (non-hydrogen) atoms. The van der Waals surface area contributed by atoms with E-state index in [0.29, 0.717) is 5.15 Å². The highest BCUT2D eigenvalue weighted by Crippen LogP contribution is 2.28. The van der Waals surface area contributed by atoms with Crippen LogP contribution in [0.1, 0.15) is 48.8 Å². The lowest BCUT2D eigenvalue weighted by Crippen LogP contribution is -2.13. The Morgan fingerprint density at radius 2 is 1.71 bits per heavy atom. The molecule has 0 radical (unpaired) electrons. The lowest BCUT2D eigenvalue weighted by atomic mass is 9.83. The van der Waals surface area contributed by atoms with Gasteiger partial charge in [0.25, 0.3) is 0 Å². The molecule has 4 heteroatoms. The molecule has 0 aliphatic heterocycles. The molecule has 0 bridgehead atoms. The first-order valence-electron chi connectivity index (χ1n) is 6.96. The summed E-state index contributed by atoms with van der Waals surface area (Å²) in [6.07, 6.45) is 2.50. The van der Waals surface area contributed by atoms with Crippen LogP contribution in [0.5, 0.6) is 0 Å². The summed E-state index contributed by atoms with van der Waals surface area (Å²) >= 11 is 8.23. The van der Waals surface area contributed by atoms with Gasteiger partial charge in [-0.2, -0.15) is 0 Å². The molecule has 2 rings (SSSR count). The van der Waals surface area contributed by atoms with Crippen LogP contribution in [-0.2, 0) is 11.8 Å². The largest absolute Gasteiger partial charge is 0.240 e. The molecule has 0 unspecified atom stereocenters. The molecule has 1 aromatic heterocycles. The lowest BCUT2D eigenvalue weighted by Gasteiger charge is -2.22. The molecule has 0 spiro atoms. The van der Waals surface area contributed by atoms with Gasteiger partial charge in [0, 0.05) is 12.6 Å². The number of benzene rings is 1. The highest BCUT2D eigenvalue weighted by Gasteiger charge is 2.17. The molecular weight excluding hydrogens is 395 g/mol. The van der Waals surface area contributed by atoms with Crippen molar-refractivity contribution >= 4 is 34.2 Å². The third-order valence-electron chi connectivity index (χ3n) is 3.65. The molecule has 0 saturated carbocycles. The molecule has 0 aliphatic carbocycles. The Balaban J connectivity index is 2.39. The standard InChI is InChI=1S/C17H20ClIN2/c1-10-6-12(17(3,4)5)7-11(2)13(10)8-15-20-9-14(19)16(18)21-15/h6-7,9H,8H2,1-5H3. The molecule has 0 fully saturated rings. The van der Waals surface area contributed by atoms with Gasteiger partial charge in [0.2, 0.25) is 0 Å². The molecule has 0 N–H and O–H groups in total. The molecule has 1 aromatic carbocycles. The van der Waals surface area contributed by atoms with E-state index in [1.165, 1.54) is 22.3 Å². The lowest BCUT2D eigenvalue weighted by molar-refractivity contribution is 0.588. The average molecular weight is 415 g/mol. The topological polar surface area (TPSA) is 25.8 Å². The second kappa shape index (κ2) is 6.21. The van der Waals surface area contributed by atoms with Crippen molar-refractivity contribution < 1.29 is 0 Å². The predicted octanol–water partition coefficient (Wildman–Crippen LogP) is 5.24. The average Bonchev–Trinajstić information content (AvgIpc) is 2.36. The molecule has 2 nitrogen and oxygen atoms in total. The Kier molecular flexibility index (Phi) is 4.93. The van der Waals surface area contributed by atoms with Gasteiger partial charge in [-0.05, 0) is 64.1 Å². The Morgan fingerprint density at radius 1 is 1.14 bits per heavy atom. The van der Waals surface area contributed by atoms with Gasteiger partial charge in [-0.1, -0.05) is 44.5 Å². The molecule has 0 amide bonds. The van der Waals surface area contributed by atoms with E-state index in [1.54, 1.807) is 6.20 Å². The van der Waals surface area contributed by atoms with Gasteiger partial charge >= 0.3 is 0 Å². The van der Waals surface area contributed by atoms with Crippen LogP contribution < -0.4 is 0 Å². The second-order valence-corrected chi connectivity index (χ2v) is 7.96. The van der Waals surface area contributed by atoms with Crippen LogP contribution in [-0.4, -0.2) is 9.97 Å². The Hall–Kier alpha value is -0.680. The monoisotopic (exact) mass is 414 g/mol. The first-order chi connectivity index (χ1) is 9.68. The van der Waals surface area contributed by atoms with E-state index in [4.69, 9.17) is 11.6 Å². The normalized spacial score (nSPS) is 11.8. The molecule has 0 saturated heterocycles. The van der Waals surface area contributed by atoms with E-state index in [0.717, 1.165) is 15.8 Å². The van der Waals surface area contributed by atoms with Crippen molar-refractivity contribution in [3.63, 3.8) is 0 Å². The van der Waals surface area contributed by atoms with Gasteiger partial charge in [0.05, 0.1) is 3.57 Å². The molecule has 1 heterocycles. The van der Waals surface area contributed by atoms with Crippen molar-refractivity contribution in [2.45, 2.75) is 46.5 Å². The van der Waals surface area contributed by atoms with Gasteiger partial charge in [0.15, 0.2) is 0 Å². The third kappa shape index (κ3) is 3.95. The number of rotatable bonds is 2. The van der Waals surface area contributed by atoms with Gasteiger partial charge < -0.3 is 0 Å². The van der Waals surface area contributed by atoms with Crippen LogP contribution in [0, 0.1) is 17.4 Å². The Bertz CT molecular complexity index is 652. The van der Waals surface area contributed by atoms with E-state index >= 15 is 0 Å². The minimum Gasteiger partial charge on any atom is -0.240 e. The first-order valence-corrected chi connectivity index (χ1v) is 8.41. The molecule has 0 atom stereocenters. The summed E-state index contributed by atoms with van der Waals surface area (Å²) in [5.41, 5.74) is 5.40. The molecule has 2 aromatic rings. The summed E-state index contributed by atoms with van der Waals surface area (Å²) in [5, 5.41) is 0.530. The highest BCUT2D eigenvalue weighted by molar-refractivity contribution is 14.1. The maximum absolute atomic E-state index is 6.09. The fourth-order valence-corrected chi connectivity index (χ4v) is 2.73. The summed E-state index contributed by atoms with van der Waals surface area (Å²) in [4.78, 5) is 8.75. The molecule has 112 valence electrons. The summed E-state index contributed by atoms with van der Waals surface area (Å²) in [6.45, 7) is 11.0. The van der Waals surface area contributed by atoms with Crippen molar-refractivity contribution in [2.24, 2.45) is 0 Å². The van der Waals surface area contributed by atoms with Crippen LogP contribution in [0.4, 0.5) is 0 Å². The maximum Gasteiger partial charge on any atom is 0.146 e. The van der Waals surface area contributed by atoms with Crippen molar-refractivity contribution in [1.29, 1.82) is 0 Å². The maximum atomic E-state index is 6.09. The van der Waals surface area contributed by atoms with Crippen LogP contribution in [0.15, 0.2) is 18.3 Å². The zero-order valence-corrected chi connectivity index (χ0v) is 16.0. The number of halogens is 2. The summed E-state index contributed by atoms with van der Waals surface area (Å²) < 4.78 is 0.884. The molecule has 0 aliphatic rings. The fourth-order valence-electron chi connectivity index (χ4n) is 2.33. The number of hydrogen-bond donors (Lipinski definition) is 0. The van der Waals surface area contributed by atoms with E-state index in [2.05, 4.69) is 79.3 Å². The van der Waals surface area contributed by atoms with Crippen molar-refractivity contribution in [3.8, 4) is 0 Å².